The number of guanidine groups is 1. The predicted molar refractivity (Wildman–Crippen MR) is 123 cm³/mol. The van der Waals surface area contributed by atoms with Gasteiger partial charge >= 0.3 is 0 Å². The van der Waals surface area contributed by atoms with Crippen LogP contribution in [0.25, 0.3) is 0 Å². The average Bonchev–Trinajstić information content (AvgIpc) is 2.81. The van der Waals surface area contributed by atoms with E-state index in [9.17, 15) is 4.79 Å². The van der Waals surface area contributed by atoms with E-state index in [2.05, 4.69) is 36.5 Å². The standard InChI is InChI=1S/C22H37N7O2/c1-27(2)21(30)18-25-22(24-10-5-11-28-14-16-31-17-15-28)26-19-7-12-29(13-8-19)20-6-3-4-9-23-20/h3-4,6,9,19H,5,7-8,10-18H2,1-2H3,(H2,24,25,26). The molecular weight excluding hydrogens is 394 g/mol. The Labute approximate surface area is 185 Å². The third-order valence-electron chi connectivity index (χ3n) is 5.73. The molecule has 31 heavy (non-hydrogen) atoms. The molecule has 1 amide bonds. The predicted octanol–water partition coefficient (Wildman–Crippen LogP) is 0.396. The molecule has 2 fully saturated rings. The number of amides is 1. The van der Waals surface area contributed by atoms with Crippen molar-refractivity contribution in [2.24, 2.45) is 4.99 Å². The number of nitrogens with one attached hydrogen (secondary N) is 2. The topological polar surface area (TPSA) is 85.3 Å². The van der Waals surface area contributed by atoms with Crippen LogP contribution in [0.15, 0.2) is 29.4 Å². The third-order valence-corrected chi connectivity index (χ3v) is 5.73. The Hall–Kier alpha value is -2.39. The highest BCUT2D eigenvalue weighted by Gasteiger charge is 2.21. The number of aliphatic imine (C=N–C) groups is 1. The summed E-state index contributed by atoms with van der Waals surface area (Å²) in [7, 11) is 3.52. The van der Waals surface area contributed by atoms with Crippen molar-refractivity contribution in [2.45, 2.75) is 25.3 Å². The van der Waals surface area contributed by atoms with Gasteiger partial charge < -0.3 is 25.2 Å². The summed E-state index contributed by atoms with van der Waals surface area (Å²) >= 11 is 0. The van der Waals surface area contributed by atoms with Gasteiger partial charge in [0.25, 0.3) is 0 Å². The first-order valence-corrected chi connectivity index (χ1v) is 11.3. The van der Waals surface area contributed by atoms with E-state index in [0.717, 1.165) is 83.5 Å². The van der Waals surface area contributed by atoms with Crippen LogP contribution >= 0.6 is 0 Å². The lowest BCUT2D eigenvalue weighted by atomic mass is 10.1. The van der Waals surface area contributed by atoms with Gasteiger partial charge in [-0.05, 0) is 37.9 Å². The second kappa shape index (κ2) is 12.5. The Kier molecular flexibility index (Phi) is 9.36. The fraction of sp³-hybridized carbons (Fsp3) is 0.682. The Morgan fingerprint density at radius 3 is 2.68 bits per heavy atom. The van der Waals surface area contributed by atoms with Crippen LogP contribution in [-0.2, 0) is 9.53 Å². The number of hydrogen-bond donors (Lipinski definition) is 2. The number of carbonyl (C=O) groups excluding carboxylic acids is 1. The van der Waals surface area contributed by atoms with Crippen molar-refractivity contribution < 1.29 is 9.53 Å². The van der Waals surface area contributed by atoms with Crippen LogP contribution in [0.1, 0.15) is 19.3 Å². The van der Waals surface area contributed by atoms with E-state index in [1.807, 2.05) is 18.3 Å². The van der Waals surface area contributed by atoms with Gasteiger partial charge in [0, 0.05) is 59.1 Å². The van der Waals surface area contributed by atoms with Crippen LogP contribution in [-0.4, -0.2) is 106 Å². The molecule has 1 aromatic rings. The minimum Gasteiger partial charge on any atom is -0.379 e. The Morgan fingerprint density at radius 2 is 2.00 bits per heavy atom. The fourth-order valence-electron chi connectivity index (χ4n) is 3.76. The summed E-state index contributed by atoms with van der Waals surface area (Å²) in [5.41, 5.74) is 0. The number of nitrogens with zero attached hydrogens (tertiary/aromatic N) is 5. The summed E-state index contributed by atoms with van der Waals surface area (Å²) in [6.45, 7) is 7.59. The van der Waals surface area contributed by atoms with Crippen LogP contribution in [0.3, 0.4) is 0 Å². The van der Waals surface area contributed by atoms with Crippen LogP contribution in [0.5, 0.6) is 0 Å². The summed E-state index contributed by atoms with van der Waals surface area (Å²) in [4.78, 5) is 27.3. The molecule has 2 aliphatic heterocycles. The molecule has 2 N–H and O–H groups in total. The summed E-state index contributed by atoms with van der Waals surface area (Å²) in [6.07, 6.45) is 4.88. The maximum absolute atomic E-state index is 12.0. The SMILES string of the molecule is CN(C)C(=O)CN=C(NCCCN1CCOCC1)NC1CCN(c2ccccn2)CC1. The molecule has 0 saturated carbocycles. The van der Waals surface area contributed by atoms with Gasteiger partial charge in [0.05, 0.1) is 13.2 Å². The van der Waals surface area contributed by atoms with Gasteiger partial charge in [-0.25, -0.2) is 9.98 Å². The van der Waals surface area contributed by atoms with Crippen molar-refractivity contribution in [2.75, 3.05) is 78.0 Å². The number of anilines is 1. The molecule has 0 spiro atoms. The highest BCUT2D eigenvalue weighted by molar-refractivity contribution is 5.84. The summed E-state index contributed by atoms with van der Waals surface area (Å²) in [5.74, 6) is 1.76. The van der Waals surface area contributed by atoms with Crippen LogP contribution in [0.2, 0.25) is 0 Å². The van der Waals surface area contributed by atoms with E-state index in [4.69, 9.17) is 4.74 Å². The first-order chi connectivity index (χ1) is 15.1. The maximum atomic E-state index is 12.0. The summed E-state index contributed by atoms with van der Waals surface area (Å²) < 4.78 is 5.41. The lowest BCUT2D eigenvalue weighted by Gasteiger charge is -2.34. The highest BCUT2D eigenvalue weighted by Crippen LogP contribution is 2.17. The smallest absolute Gasteiger partial charge is 0.243 e. The number of likely N-dealkylation sites (N-methyl/N-ethyl adjacent to an activating group) is 1. The lowest BCUT2D eigenvalue weighted by Crippen LogP contribution is -2.49. The van der Waals surface area contributed by atoms with Crippen LogP contribution in [0.4, 0.5) is 5.82 Å². The van der Waals surface area contributed by atoms with Gasteiger partial charge in [-0.1, -0.05) is 6.07 Å². The zero-order valence-electron chi connectivity index (χ0n) is 18.9. The second-order valence-corrected chi connectivity index (χ2v) is 8.28. The van der Waals surface area contributed by atoms with Crippen molar-refractivity contribution in [3.8, 4) is 0 Å². The van der Waals surface area contributed by atoms with Crippen LogP contribution in [0, 0.1) is 0 Å². The quantitative estimate of drug-likeness (QED) is 0.350. The number of pyridine rings is 1. The molecule has 172 valence electrons. The van der Waals surface area contributed by atoms with E-state index in [1.165, 1.54) is 0 Å². The van der Waals surface area contributed by atoms with Gasteiger partial charge in [-0.2, -0.15) is 0 Å². The molecule has 2 saturated heterocycles. The summed E-state index contributed by atoms with van der Waals surface area (Å²) in [6, 6.07) is 6.36. The number of morpholine rings is 1. The van der Waals surface area contributed by atoms with Gasteiger partial charge in [0.1, 0.15) is 12.4 Å². The minimum absolute atomic E-state index is 0.000567. The molecule has 3 heterocycles. The number of rotatable bonds is 8. The molecule has 0 bridgehead atoms. The second-order valence-electron chi connectivity index (χ2n) is 8.28. The van der Waals surface area contributed by atoms with Gasteiger partial charge in [0.2, 0.25) is 5.91 Å². The molecule has 0 radical (unpaired) electrons. The van der Waals surface area contributed by atoms with E-state index in [1.54, 1.807) is 19.0 Å². The highest BCUT2D eigenvalue weighted by atomic mass is 16.5. The lowest BCUT2D eigenvalue weighted by molar-refractivity contribution is -0.127. The molecule has 0 aromatic carbocycles. The number of aromatic nitrogens is 1. The van der Waals surface area contributed by atoms with E-state index in [-0.39, 0.29) is 12.5 Å². The zero-order chi connectivity index (χ0) is 21.9. The molecule has 0 atom stereocenters. The van der Waals surface area contributed by atoms with Gasteiger partial charge in [-0.3, -0.25) is 9.69 Å². The minimum atomic E-state index is -0.000567. The van der Waals surface area contributed by atoms with Crippen LogP contribution < -0.4 is 15.5 Å². The van der Waals surface area contributed by atoms with Crippen molar-refractivity contribution in [1.29, 1.82) is 0 Å². The van der Waals surface area contributed by atoms with Crippen molar-refractivity contribution in [1.82, 2.24) is 25.4 Å². The Bertz CT molecular complexity index is 684. The van der Waals surface area contributed by atoms with E-state index in [0.29, 0.717) is 6.04 Å². The average molecular weight is 432 g/mol. The first kappa shape index (κ1) is 23.3. The third kappa shape index (κ3) is 7.99. The van der Waals surface area contributed by atoms with Crippen molar-refractivity contribution in [3.63, 3.8) is 0 Å². The fourth-order valence-corrected chi connectivity index (χ4v) is 3.76. The largest absolute Gasteiger partial charge is 0.379 e. The zero-order valence-corrected chi connectivity index (χ0v) is 18.9. The molecular formula is C22H37N7O2. The monoisotopic (exact) mass is 431 g/mol. The first-order valence-electron chi connectivity index (χ1n) is 11.3. The Morgan fingerprint density at radius 1 is 1.23 bits per heavy atom. The van der Waals surface area contributed by atoms with Gasteiger partial charge in [0.15, 0.2) is 5.96 Å². The van der Waals surface area contributed by atoms with Gasteiger partial charge in [-0.15, -0.1) is 0 Å². The van der Waals surface area contributed by atoms with E-state index >= 15 is 0 Å². The normalized spacial score (nSPS) is 18.6. The molecule has 0 unspecified atom stereocenters. The molecule has 2 aliphatic rings. The molecule has 3 rings (SSSR count). The summed E-state index contributed by atoms with van der Waals surface area (Å²) in [5, 5.41) is 6.98. The Balaban J connectivity index is 1.46. The molecule has 0 aliphatic carbocycles. The number of carbonyl (C=O) groups is 1. The maximum Gasteiger partial charge on any atom is 0.243 e. The van der Waals surface area contributed by atoms with Crippen molar-refractivity contribution >= 4 is 17.7 Å². The number of piperidine rings is 1. The molecule has 1 aromatic heterocycles. The number of ether oxygens (including phenoxy) is 1. The van der Waals surface area contributed by atoms with E-state index < -0.39 is 0 Å². The molecule has 9 nitrogen and oxygen atoms in total. The molecule has 9 heteroatoms. The van der Waals surface area contributed by atoms with Crippen molar-refractivity contribution in [3.05, 3.63) is 24.4 Å². The number of hydrogen-bond acceptors (Lipinski definition) is 6.